The molecule has 4 nitrogen and oxygen atoms in total. The predicted molar refractivity (Wildman–Crippen MR) is 84.9 cm³/mol. The lowest BCUT2D eigenvalue weighted by Crippen LogP contribution is -2.17. The smallest absolute Gasteiger partial charge is 0.172 e. The van der Waals surface area contributed by atoms with Gasteiger partial charge >= 0.3 is 0 Å². The van der Waals surface area contributed by atoms with E-state index in [0.717, 1.165) is 23.3 Å². The van der Waals surface area contributed by atoms with Gasteiger partial charge in [0.1, 0.15) is 11.7 Å². The molecule has 0 amide bonds. The van der Waals surface area contributed by atoms with E-state index < -0.39 is 23.0 Å². The van der Waals surface area contributed by atoms with Crippen molar-refractivity contribution < 1.29 is 13.2 Å². The molecule has 24 heavy (non-hydrogen) atoms. The number of rotatable bonds is 1. The SMILES string of the molecule is Cc1ccc2c(c1)-c1[nH]ncc1NC(c1c(F)ccc(F)c1F)=N2. The van der Waals surface area contributed by atoms with Crippen LogP contribution in [0, 0.1) is 24.4 Å². The van der Waals surface area contributed by atoms with E-state index in [-0.39, 0.29) is 5.84 Å². The molecule has 2 N–H and O–H groups in total. The van der Waals surface area contributed by atoms with Crippen LogP contribution in [0.2, 0.25) is 0 Å². The second-order valence-corrected chi connectivity index (χ2v) is 5.48. The second kappa shape index (κ2) is 5.23. The Morgan fingerprint density at radius 1 is 1.00 bits per heavy atom. The maximum absolute atomic E-state index is 14.2. The number of hydrogen-bond donors (Lipinski definition) is 2. The number of fused-ring (bicyclic) bond motifs is 3. The maximum atomic E-state index is 14.2. The average Bonchev–Trinajstić information content (AvgIpc) is 2.95. The van der Waals surface area contributed by atoms with Gasteiger partial charge in [0, 0.05) is 5.56 Å². The van der Waals surface area contributed by atoms with Crippen LogP contribution in [0.4, 0.5) is 24.5 Å². The number of aromatic nitrogens is 2. The number of nitrogens with zero attached hydrogens (tertiary/aromatic N) is 2. The van der Waals surface area contributed by atoms with Crippen molar-refractivity contribution in [3.05, 3.63) is 65.1 Å². The van der Waals surface area contributed by atoms with Gasteiger partial charge < -0.3 is 5.32 Å². The van der Waals surface area contributed by atoms with Gasteiger partial charge in [-0.2, -0.15) is 5.10 Å². The van der Waals surface area contributed by atoms with Crippen molar-refractivity contribution in [1.29, 1.82) is 0 Å². The van der Waals surface area contributed by atoms with Gasteiger partial charge in [-0.15, -0.1) is 0 Å². The van der Waals surface area contributed by atoms with Gasteiger partial charge in [-0.1, -0.05) is 11.6 Å². The zero-order valence-corrected chi connectivity index (χ0v) is 12.5. The summed E-state index contributed by atoms with van der Waals surface area (Å²) >= 11 is 0. The third kappa shape index (κ3) is 2.17. The molecule has 0 atom stereocenters. The number of aryl methyl sites for hydroxylation is 1. The van der Waals surface area contributed by atoms with Gasteiger partial charge in [-0.25, -0.2) is 18.2 Å². The second-order valence-electron chi connectivity index (χ2n) is 5.48. The number of halogens is 3. The van der Waals surface area contributed by atoms with Crippen LogP contribution in [0.1, 0.15) is 11.1 Å². The molecule has 1 aliphatic heterocycles. The summed E-state index contributed by atoms with van der Waals surface area (Å²) in [5.74, 6) is -3.45. The van der Waals surface area contributed by atoms with Crippen molar-refractivity contribution in [3.8, 4) is 11.3 Å². The summed E-state index contributed by atoms with van der Waals surface area (Å²) in [5.41, 5.74) is 2.83. The molecule has 0 unspecified atom stereocenters. The number of benzene rings is 2. The largest absolute Gasteiger partial charge is 0.336 e. The molecule has 7 heteroatoms. The molecule has 0 bridgehead atoms. The fraction of sp³-hybridized carbons (Fsp3) is 0.0588. The highest BCUT2D eigenvalue weighted by Gasteiger charge is 2.24. The number of aromatic amines is 1. The van der Waals surface area contributed by atoms with E-state index in [1.165, 1.54) is 6.20 Å². The minimum Gasteiger partial charge on any atom is -0.336 e. The predicted octanol–water partition coefficient (Wildman–Crippen LogP) is 4.31. The van der Waals surface area contributed by atoms with Crippen molar-refractivity contribution in [3.63, 3.8) is 0 Å². The zero-order valence-electron chi connectivity index (χ0n) is 12.5. The van der Waals surface area contributed by atoms with Gasteiger partial charge in [0.15, 0.2) is 11.6 Å². The number of anilines is 1. The number of nitrogens with one attached hydrogen (secondary N) is 2. The van der Waals surface area contributed by atoms with Crippen LogP contribution >= 0.6 is 0 Å². The fourth-order valence-electron chi connectivity index (χ4n) is 2.67. The summed E-state index contributed by atoms with van der Waals surface area (Å²) in [5, 5.41) is 9.65. The monoisotopic (exact) mass is 328 g/mol. The van der Waals surface area contributed by atoms with Gasteiger partial charge in [0.25, 0.3) is 0 Å². The average molecular weight is 328 g/mol. The normalized spacial score (nSPS) is 12.8. The molecule has 0 fully saturated rings. The summed E-state index contributed by atoms with van der Waals surface area (Å²) in [7, 11) is 0. The molecule has 0 aliphatic carbocycles. The molecule has 2 heterocycles. The quantitative estimate of drug-likeness (QED) is 0.654. The van der Waals surface area contributed by atoms with Crippen LogP contribution in [-0.2, 0) is 0 Å². The summed E-state index contributed by atoms with van der Waals surface area (Å²) in [4.78, 5) is 4.31. The van der Waals surface area contributed by atoms with E-state index in [0.29, 0.717) is 17.1 Å². The van der Waals surface area contributed by atoms with Crippen molar-refractivity contribution >= 4 is 17.2 Å². The number of hydrogen-bond acceptors (Lipinski definition) is 3. The van der Waals surface area contributed by atoms with Gasteiger partial charge in [-0.3, -0.25) is 5.10 Å². The highest BCUT2D eigenvalue weighted by molar-refractivity contribution is 6.13. The van der Waals surface area contributed by atoms with Crippen LogP contribution in [-0.4, -0.2) is 16.0 Å². The standard InChI is InChI=1S/C17H11F3N4/c1-8-2-5-12-9(6-8)16-13(7-21-24-16)23-17(22-12)14-10(18)3-4-11(19)15(14)20/h2-7H,1H3,(H,21,24)(H,22,23). The highest BCUT2D eigenvalue weighted by atomic mass is 19.2. The Morgan fingerprint density at radius 3 is 2.62 bits per heavy atom. The Labute approximate surface area is 135 Å². The van der Waals surface area contributed by atoms with Crippen LogP contribution in [0.3, 0.4) is 0 Å². The van der Waals surface area contributed by atoms with E-state index in [1.54, 1.807) is 6.07 Å². The minimum absolute atomic E-state index is 0.116. The molecule has 4 rings (SSSR count). The third-order valence-corrected chi connectivity index (χ3v) is 3.83. The number of amidine groups is 1. The van der Waals surface area contributed by atoms with E-state index in [1.807, 2.05) is 19.1 Å². The maximum Gasteiger partial charge on any atom is 0.172 e. The van der Waals surface area contributed by atoms with Crippen molar-refractivity contribution in [2.75, 3.05) is 5.32 Å². The summed E-state index contributed by atoms with van der Waals surface area (Å²) in [6.07, 6.45) is 1.48. The molecule has 1 aliphatic rings. The Balaban J connectivity index is 2.00. The van der Waals surface area contributed by atoms with Crippen LogP contribution in [0.15, 0.2) is 41.5 Å². The Bertz CT molecular complexity index is 991. The summed E-state index contributed by atoms with van der Waals surface area (Å²) < 4.78 is 41.9. The highest BCUT2D eigenvalue weighted by Crippen LogP contribution is 2.37. The molecule has 0 saturated heterocycles. The first-order chi connectivity index (χ1) is 11.5. The Kier molecular flexibility index (Phi) is 3.16. The van der Waals surface area contributed by atoms with Crippen LogP contribution in [0.5, 0.6) is 0 Å². The third-order valence-electron chi connectivity index (χ3n) is 3.83. The van der Waals surface area contributed by atoms with Crippen molar-refractivity contribution in [1.82, 2.24) is 10.2 Å². The van der Waals surface area contributed by atoms with Gasteiger partial charge in [0.2, 0.25) is 0 Å². The first kappa shape index (κ1) is 14.5. The van der Waals surface area contributed by atoms with Crippen LogP contribution < -0.4 is 5.32 Å². The lowest BCUT2D eigenvalue weighted by Gasteiger charge is -2.10. The molecular formula is C17H11F3N4. The lowest BCUT2D eigenvalue weighted by molar-refractivity contribution is 0.492. The van der Waals surface area contributed by atoms with Gasteiger partial charge in [-0.05, 0) is 31.2 Å². The molecule has 0 radical (unpaired) electrons. The molecule has 1 aromatic heterocycles. The zero-order chi connectivity index (χ0) is 16.8. The Morgan fingerprint density at radius 2 is 1.79 bits per heavy atom. The van der Waals surface area contributed by atoms with Crippen molar-refractivity contribution in [2.45, 2.75) is 6.92 Å². The summed E-state index contributed by atoms with van der Waals surface area (Å²) in [6.45, 7) is 1.92. The fourth-order valence-corrected chi connectivity index (χ4v) is 2.67. The molecule has 120 valence electrons. The molecular weight excluding hydrogens is 317 g/mol. The van der Waals surface area contributed by atoms with E-state index in [4.69, 9.17) is 0 Å². The van der Waals surface area contributed by atoms with Gasteiger partial charge in [0.05, 0.1) is 28.8 Å². The topological polar surface area (TPSA) is 53.1 Å². The lowest BCUT2D eigenvalue weighted by atomic mass is 10.1. The molecule has 0 saturated carbocycles. The van der Waals surface area contributed by atoms with E-state index >= 15 is 0 Å². The Hall–Kier alpha value is -3.09. The minimum atomic E-state index is -1.29. The van der Waals surface area contributed by atoms with Crippen LogP contribution in [0.25, 0.3) is 11.3 Å². The number of H-pyrrole nitrogens is 1. The number of aliphatic imine (C=N–C) groups is 1. The molecule has 0 spiro atoms. The van der Waals surface area contributed by atoms with E-state index in [2.05, 4.69) is 20.5 Å². The van der Waals surface area contributed by atoms with Crippen molar-refractivity contribution in [2.24, 2.45) is 4.99 Å². The summed E-state index contributed by atoms with van der Waals surface area (Å²) in [6, 6.07) is 7.07. The first-order valence-corrected chi connectivity index (χ1v) is 7.18. The first-order valence-electron chi connectivity index (χ1n) is 7.18. The molecule has 3 aromatic rings. The van der Waals surface area contributed by atoms with E-state index in [9.17, 15) is 13.2 Å². The molecule has 2 aromatic carbocycles.